The highest BCUT2D eigenvalue weighted by atomic mass is 32.2. The maximum Gasteiger partial charge on any atom is 0.224 e. The van der Waals surface area contributed by atoms with Crippen LogP contribution in [-0.2, 0) is 4.79 Å². The minimum atomic E-state index is 0.265. The van der Waals surface area contributed by atoms with Crippen molar-refractivity contribution in [3.63, 3.8) is 0 Å². The van der Waals surface area contributed by atoms with Gasteiger partial charge in [-0.25, -0.2) is 0 Å². The Morgan fingerprint density at radius 2 is 2.46 bits per heavy atom. The number of thioether (sulfide) groups is 1. The van der Waals surface area contributed by atoms with Crippen molar-refractivity contribution in [2.45, 2.75) is 39.2 Å². The van der Waals surface area contributed by atoms with Crippen LogP contribution in [0.3, 0.4) is 0 Å². The summed E-state index contributed by atoms with van der Waals surface area (Å²) in [6.45, 7) is 4.16. The molecule has 1 aliphatic rings. The Morgan fingerprint density at radius 1 is 1.69 bits per heavy atom. The highest BCUT2D eigenvalue weighted by Gasteiger charge is 2.21. The summed E-state index contributed by atoms with van der Waals surface area (Å²) in [6.07, 6.45) is 3.30. The topological polar surface area (TPSA) is 29.1 Å². The van der Waals surface area contributed by atoms with Crippen molar-refractivity contribution in [1.29, 1.82) is 0 Å². The standard InChI is InChI=1S/C10H19NOS/c1-3-8(2)11-10(12)9-5-4-6-13-7-9/h8-9H,3-7H2,1-2H3,(H,11,12). The molecule has 1 rings (SSSR count). The van der Waals surface area contributed by atoms with E-state index < -0.39 is 0 Å². The van der Waals surface area contributed by atoms with Crippen LogP contribution in [0.4, 0.5) is 0 Å². The van der Waals surface area contributed by atoms with Gasteiger partial charge in [-0.3, -0.25) is 4.79 Å². The van der Waals surface area contributed by atoms with Gasteiger partial charge in [-0.15, -0.1) is 0 Å². The van der Waals surface area contributed by atoms with Crippen molar-refractivity contribution >= 4 is 17.7 Å². The molecule has 1 amide bonds. The zero-order valence-electron chi connectivity index (χ0n) is 8.51. The second-order valence-corrected chi connectivity index (χ2v) is 4.88. The Kier molecular flexibility index (Phi) is 4.64. The van der Waals surface area contributed by atoms with E-state index in [-0.39, 0.29) is 11.8 Å². The van der Waals surface area contributed by atoms with Gasteiger partial charge in [0.05, 0.1) is 0 Å². The Labute approximate surface area is 84.9 Å². The number of carbonyl (C=O) groups is 1. The van der Waals surface area contributed by atoms with E-state index in [4.69, 9.17) is 0 Å². The van der Waals surface area contributed by atoms with Crippen LogP contribution in [0.15, 0.2) is 0 Å². The first-order valence-electron chi connectivity index (χ1n) is 5.12. The van der Waals surface area contributed by atoms with Gasteiger partial charge in [0, 0.05) is 17.7 Å². The third-order valence-electron chi connectivity index (χ3n) is 2.53. The molecule has 13 heavy (non-hydrogen) atoms. The summed E-state index contributed by atoms with van der Waals surface area (Å²) < 4.78 is 0. The van der Waals surface area contributed by atoms with Crippen molar-refractivity contribution in [1.82, 2.24) is 5.32 Å². The van der Waals surface area contributed by atoms with Gasteiger partial charge in [-0.05, 0) is 31.9 Å². The molecule has 2 nitrogen and oxygen atoms in total. The molecular weight excluding hydrogens is 182 g/mol. The molecule has 1 N–H and O–H groups in total. The Hall–Kier alpha value is -0.180. The van der Waals surface area contributed by atoms with Gasteiger partial charge in [0.1, 0.15) is 0 Å². The van der Waals surface area contributed by atoms with Crippen LogP contribution in [0, 0.1) is 5.92 Å². The summed E-state index contributed by atoms with van der Waals surface area (Å²) >= 11 is 1.91. The van der Waals surface area contributed by atoms with Crippen LogP contribution >= 0.6 is 11.8 Å². The summed E-state index contributed by atoms with van der Waals surface area (Å²) in [6, 6.07) is 0.333. The maximum absolute atomic E-state index is 11.6. The van der Waals surface area contributed by atoms with Gasteiger partial charge < -0.3 is 5.32 Å². The van der Waals surface area contributed by atoms with E-state index in [1.807, 2.05) is 11.8 Å². The number of rotatable bonds is 3. The molecule has 0 radical (unpaired) electrons. The van der Waals surface area contributed by atoms with Crippen LogP contribution in [-0.4, -0.2) is 23.5 Å². The first kappa shape index (κ1) is 10.9. The van der Waals surface area contributed by atoms with Crippen molar-refractivity contribution in [2.75, 3.05) is 11.5 Å². The number of hydrogen-bond acceptors (Lipinski definition) is 2. The predicted molar refractivity (Wildman–Crippen MR) is 57.9 cm³/mol. The lowest BCUT2D eigenvalue weighted by Crippen LogP contribution is -2.38. The molecule has 2 unspecified atom stereocenters. The van der Waals surface area contributed by atoms with Crippen molar-refractivity contribution < 1.29 is 4.79 Å². The molecule has 0 aromatic rings. The van der Waals surface area contributed by atoms with Gasteiger partial charge in [-0.2, -0.15) is 11.8 Å². The molecule has 0 saturated carbocycles. The molecule has 3 heteroatoms. The average Bonchev–Trinajstić information content (AvgIpc) is 2.19. The third-order valence-corrected chi connectivity index (χ3v) is 3.75. The maximum atomic E-state index is 11.6. The molecule has 1 heterocycles. The molecule has 0 spiro atoms. The van der Waals surface area contributed by atoms with Crippen molar-refractivity contribution in [3.05, 3.63) is 0 Å². The molecule has 76 valence electrons. The number of carbonyl (C=O) groups excluding carboxylic acids is 1. The van der Waals surface area contributed by atoms with Crippen LogP contribution in [0.1, 0.15) is 33.1 Å². The number of nitrogens with one attached hydrogen (secondary N) is 1. The minimum Gasteiger partial charge on any atom is -0.353 e. The van der Waals surface area contributed by atoms with Crippen LogP contribution in [0.5, 0.6) is 0 Å². The van der Waals surface area contributed by atoms with E-state index in [0.717, 1.165) is 18.6 Å². The van der Waals surface area contributed by atoms with Gasteiger partial charge in [-0.1, -0.05) is 6.92 Å². The first-order valence-corrected chi connectivity index (χ1v) is 6.27. The fourth-order valence-corrected chi connectivity index (χ4v) is 2.55. The smallest absolute Gasteiger partial charge is 0.224 e. The summed E-state index contributed by atoms with van der Waals surface area (Å²) in [5.41, 5.74) is 0. The third kappa shape index (κ3) is 3.59. The zero-order valence-corrected chi connectivity index (χ0v) is 9.32. The average molecular weight is 201 g/mol. The minimum absolute atomic E-state index is 0.265. The predicted octanol–water partition coefficient (Wildman–Crippen LogP) is 2.04. The van der Waals surface area contributed by atoms with E-state index in [9.17, 15) is 4.79 Å². The van der Waals surface area contributed by atoms with Crippen LogP contribution in [0.25, 0.3) is 0 Å². The Morgan fingerprint density at radius 3 is 3.00 bits per heavy atom. The molecule has 1 fully saturated rings. The lowest BCUT2D eigenvalue weighted by molar-refractivity contribution is -0.125. The van der Waals surface area contributed by atoms with Gasteiger partial charge in [0.2, 0.25) is 5.91 Å². The van der Waals surface area contributed by atoms with Crippen LogP contribution < -0.4 is 5.32 Å². The summed E-state index contributed by atoms with van der Waals surface area (Å²) in [4.78, 5) is 11.6. The fourth-order valence-electron chi connectivity index (χ4n) is 1.41. The van der Waals surface area contributed by atoms with E-state index in [0.29, 0.717) is 6.04 Å². The largest absolute Gasteiger partial charge is 0.353 e. The molecule has 0 bridgehead atoms. The SMILES string of the molecule is CCC(C)NC(=O)C1CCCSC1. The quantitative estimate of drug-likeness (QED) is 0.757. The fraction of sp³-hybridized carbons (Fsp3) is 0.900. The molecule has 1 aliphatic heterocycles. The Bertz CT molecular complexity index is 166. The second kappa shape index (κ2) is 5.53. The van der Waals surface area contributed by atoms with Crippen molar-refractivity contribution in [2.24, 2.45) is 5.92 Å². The Balaban J connectivity index is 2.29. The highest BCUT2D eigenvalue weighted by Crippen LogP contribution is 2.22. The van der Waals surface area contributed by atoms with E-state index in [1.165, 1.54) is 12.2 Å². The van der Waals surface area contributed by atoms with Crippen LogP contribution in [0.2, 0.25) is 0 Å². The van der Waals surface area contributed by atoms with E-state index >= 15 is 0 Å². The zero-order chi connectivity index (χ0) is 9.68. The first-order chi connectivity index (χ1) is 6.24. The highest BCUT2D eigenvalue weighted by molar-refractivity contribution is 7.99. The molecule has 0 aromatic carbocycles. The molecule has 0 aromatic heterocycles. The molecular formula is C10H19NOS. The summed E-state index contributed by atoms with van der Waals surface area (Å²) in [5.74, 6) is 2.78. The molecule has 2 atom stereocenters. The van der Waals surface area contributed by atoms with Gasteiger partial charge in [0.15, 0.2) is 0 Å². The van der Waals surface area contributed by atoms with E-state index in [2.05, 4.69) is 19.2 Å². The molecule has 0 aliphatic carbocycles. The summed E-state index contributed by atoms with van der Waals surface area (Å²) in [5, 5.41) is 3.05. The van der Waals surface area contributed by atoms with Crippen molar-refractivity contribution in [3.8, 4) is 0 Å². The summed E-state index contributed by atoms with van der Waals surface area (Å²) in [7, 11) is 0. The van der Waals surface area contributed by atoms with E-state index in [1.54, 1.807) is 0 Å². The number of hydrogen-bond donors (Lipinski definition) is 1. The second-order valence-electron chi connectivity index (χ2n) is 3.73. The normalized spacial score (nSPS) is 25.2. The number of amides is 1. The monoisotopic (exact) mass is 201 g/mol. The lowest BCUT2D eigenvalue weighted by Gasteiger charge is -2.22. The molecule has 1 saturated heterocycles. The lowest BCUT2D eigenvalue weighted by atomic mass is 10.0. The van der Waals surface area contributed by atoms with Gasteiger partial charge in [0.25, 0.3) is 0 Å². The van der Waals surface area contributed by atoms with Gasteiger partial charge >= 0.3 is 0 Å².